The molecule has 3 rings (SSSR count). The number of halogens is 3. The third-order valence-corrected chi connectivity index (χ3v) is 4.39. The fourth-order valence-electron chi connectivity index (χ4n) is 2.73. The predicted octanol–water partition coefficient (Wildman–Crippen LogP) is 4.73. The number of alkyl halides is 3. The van der Waals surface area contributed by atoms with Gasteiger partial charge in [0.2, 0.25) is 0 Å². The summed E-state index contributed by atoms with van der Waals surface area (Å²) in [6.45, 7) is 2.14. The van der Waals surface area contributed by atoms with Crippen molar-refractivity contribution in [3.63, 3.8) is 0 Å². The monoisotopic (exact) mass is 407 g/mol. The van der Waals surface area contributed by atoms with E-state index < -0.39 is 11.7 Å². The number of ether oxygens (including phenoxy) is 2. The van der Waals surface area contributed by atoms with E-state index in [1.165, 1.54) is 12.1 Å². The van der Waals surface area contributed by atoms with Crippen LogP contribution in [-0.2, 0) is 27.2 Å². The first-order valence-corrected chi connectivity index (χ1v) is 9.06. The van der Waals surface area contributed by atoms with E-state index in [9.17, 15) is 18.0 Å². The molecule has 0 bridgehead atoms. The molecule has 1 fully saturated rings. The van der Waals surface area contributed by atoms with Crippen LogP contribution in [0.15, 0.2) is 53.7 Å². The number of esters is 1. The van der Waals surface area contributed by atoms with Crippen molar-refractivity contribution < 1.29 is 32.3 Å². The SMILES string of the molecule is C/C(=N\OCc1ccc(C(F)(F)F)cc1)c1ccc(OCC2CCC(=O)O2)cc1. The molecule has 2 aromatic carbocycles. The normalized spacial score (nSPS) is 17.2. The number of nitrogens with zero attached hydrogens (tertiary/aromatic N) is 1. The first kappa shape index (κ1) is 20.7. The van der Waals surface area contributed by atoms with Crippen LogP contribution in [0.3, 0.4) is 0 Å². The maximum atomic E-state index is 12.6. The van der Waals surface area contributed by atoms with E-state index >= 15 is 0 Å². The summed E-state index contributed by atoms with van der Waals surface area (Å²) >= 11 is 0. The molecule has 1 unspecified atom stereocenters. The highest BCUT2D eigenvalue weighted by Gasteiger charge is 2.29. The number of hydrogen-bond acceptors (Lipinski definition) is 5. The summed E-state index contributed by atoms with van der Waals surface area (Å²) in [6.07, 6.45) is -3.47. The fourth-order valence-corrected chi connectivity index (χ4v) is 2.73. The quantitative estimate of drug-likeness (QED) is 0.378. The molecule has 0 spiro atoms. The van der Waals surface area contributed by atoms with Gasteiger partial charge in [-0.2, -0.15) is 13.2 Å². The highest BCUT2D eigenvalue weighted by molar-refractivity contribution is 5.98. The number of rotatable bonds is 7. The Morgan fingerprint density at radius 1 is 1.14 bits per heavy atom. The number of carbonyl (C=O) groups is 1. The largest absolute Gasteiger partial charge is 0.490 e. The lowest BCUT2D eigenvalue weighted by Crippen LogP contribution is -2.17. The average Bonchev–Trinajstić information content (AvgIpc) is 3.11. The number of benzene rings is 2. The summed E-state index contributed by atoms with van der Waals surface area (Å²) in [5.74, 6) is 0.451. The molecule has 1 aliphatic rings. The summed E-state index contributed by atoms with van der Waals surface area (Å²) in [7, 11) is 0. The van der Waals surface area contributed by atoms with Crippen molar-refractivity contribution in [1.82, 2.24) is 0 Å². The van der Waals surface area contributed by atoms with Crippen molar-refractivity contribution in [2.24, 2.45) is 5.16 Å². The van der Waals surface area contributed by atoms with Crippen LogP contribution in [0.25, 0.3) is 0 Å². The van der Waals surface area contributed by atoms with Crippen molar-refractivity contribution in [2.45, 2.75) is 38.7 Å². The minimum Gasteiger partial charge on any atom is -0.490 e. The highest BCUT2D eigenvalue weighted by Crippen LogP contribution is 2.29. The fraction of sp³-hybridized carbons (Fsp3) is 0.333. The van der Waals surface area contributed by atoms with Crippen LogP contribution >= 0.6 is 0 Å². The molecule has 1 aliphatic heterocycles. The first-order chi connectivity index (χ1) is 13.8. The van der Waals surface area contributed by atoms with Gasteiger partial charge >= 0.3 is 12.1 Å². The Morgan fingerprint density at radius 3 is 2.41 bits per heavy atom. The number of carbonyl (C=O) groups excluding carboxylic acids is 1. The molecule has 2 aromatic rings. The molecular formula is C21H20F3NO4. The second-order valence-electron chi connectivity index (χ2n) is 6.63. The van der Waals surface area contributed by atoms with Gasteiger partial charge in [0, 0.05) is 6.42 Å². The van der Waals surface area contributed by atoms with Crippen LogP contribution in [0.5, 0.6) is 5.75 Å². The highest BCUT2D eigenvalue weighted by atomic mass is 19.4. The molecule has 8 heteroatoms. The molecule has 29 heavy (non-hydrogen) atoms. The third-order valence-electron chi connectivity index (χ3n) is 4.39. The second kappa shape index (κ2) is 8.98. The lowest BCUT2D eigenvalue weighted by Gasteiger charge is -2.11. The Balaban J connectivity index is 1.48. The smallest absolute Gasteiger partial charge is 0.416 e. The molecule has 154 valence electrons. The lowest BCUT2D eigenvalue weighted by atomic mass is 10.1. The molecule has 0 aliphatic carbocycles. The van der Waals surface area contributed by atoms with E-state index in [0.29, 0.717) is 36.5 Å². The molecule has 0 amide bonds. The number of cyclic esters (lactones) is 1. The van der Waals surface area contributed by atoms with Gasteiger partial charge in [0.05, 0.1) is 11.3 Å². The molecule has 0 saturated carbocycles. The summed E-state index contributed by atoms with van der Waals surface area (Å²) < 4.78 is 48.4. The minimum atomic E-state index is -4.36. The van der Waals surface area contributed by atoms with Gasteiger partial charge in [-0.3, -0.25) is 4.79 Å². The summed E-state index contributed by atoms with van der Waals surface area (Å²) in [4.78, 5) is 16.3. The standard InChI is InChI=1S/C21H20F3NO4/c1-14(25-28-12-15-2-6-17(7-3-15)21(22,23)24)16-4-8-18(9-5-16)27-13-19-10-11-20(26)29-19/h2-9,19H,10-13H2,1H3/b25-14+. The van der Waals surface area contributed by atoms with Gasteiger partial charge in [0.25, 0.3) is 0 Å². The van der Waals surface area contributed by atoms with Gasteiger partial charge < -0.3 is 14.3 Å². The Hall–Kier alpha value is -3.03. The Labute approximate surface area is 166 Å². The van der Waals surface area contributed by atoms with Crippen LogP contribution in [-0.4, -0.2) is 24.4 Å². The van der Waals surface area contributed by atoms with Crippen LogP contribution in [0.1, 0.15) is 36.5 Å². The summed E-state index contributed by atoms with van der Waals surface area (Å²) in [6, 6.07) is 11.9. The first-order valence-electron chi connectivity index (χ1n) is 9.06. The van der Waals surface area contributed by atoms with Gasteiger partial charge in [-0.1, -0.05) is 17.3 Å². The molecule has 0 radical (unpaired) electrons. The number of oxime groups is 1. The van der Waals surface area contributed by atoms with Crippen molar-refractivity contribution in [3.05, 3.63) is 65.2 Å². The van der Waals surface area contributed by atoms with Crippen molar-refractivity contribution in [1.29, 1.82) is 0 Å². The van der Waals surface area contributed by atoms with Crippen LogP contribution < -0.4 is 4.74 Å². The topological polar surface area (TPSA) is 57.1 Å². The second-order valence-corrected chi connectivity index (χ2v) is 6.63. The van der Waals surface area contributed by atoms with Gasteiger partial charge in [-0.15, -0.1) is 0 Å². The van der Waals surface area contributed by atoms with E-state index in [-0.39, 0.29) is 18.7 Å². The third kappa shape index (κ3) is 5.97. The van der Waals surface area contributed by atoms with E-state index in [4.69, 9.17) is 14.3 Å². The van der Waals surface area contributed by atoms with Crippen molar-refractivity contribution >= 4 is 11.7 Å². The molecule has 1 saturated heterocycles. The van der Waals surface area contributed by atoms with Gasteiger partial charge in [0.1, 0.15) is 25.1 Å². The molecular weight excluding hydrogens is 387 g/mol. The van der Waals surface area contributed by atoms with E-state index in [1.807, 2.05) is 12.1 Å². The zero-order valence-electron chi connectivity index (χ0n) is 15.7. The molecule has 5 nitrogen and oxygen atoms in total. The summed E-state index contributed by atoms with van der Waals surface area (Å²) in [5, 5.41) is 4.00. The van der Waals surface area contributed by atoms with Crippen LogP contribution in [0.4, 0.5) is 13.2 Å². The zero-order valence-corrected chi connectivity index (χ0v) is 15.7. The van der Waals surface area contributed by atoms with Gasteiger partial charge in [-0.05, 0) is 60.9 Å². The predicted molar refractivity (Wildman–Crippen MR) is 99.5 cm³/mol. The van der Waals surface area contributed by atoms with Crippen LogP contribution in [0.2, 0.25) is 0 Å². The molecule has 1 atom stereocenters. The number of hydrogen-bond donors (Lipinski definition) is 0. The minimum absolute atomic E-state index is 0.0663. The Kier molecular flexibility index (Phi) is 6.41. The van der Waals surface area contributed by atoms with E-state index in [0.717, 1.165) is 17.7 Å². The Bertz CT molecular complexity index is 861. The van der Waals surface area contributed by atoms with E-state index in [1.54, 1.807) is 19.1 Å². The van der Waals surface area contributed by atoms with Crippen molar-refractivity contribution in [3.8, 4) is 5.75 Å². The van der Waals surface area contributed by atoms with E-state index in [2.05, 4.69) is 5.16 Å². The molecule has 0 N–H and O–H groups in total. The van der Waals surface area contributed by atoms with Crippen LogP contribution in [0, 0.1) is 0 Å². The van der Waals surface area contributed by atoms with Crippen molar-refractivity contribution in [2.75, 3.05) is 6.61 Å². The molecule has 1 heterocycles. The zero-order chi connectivity index (χ0) is 20.9. The maximum Gasteiger partial charge on any atom is 0.416 e. The maximum absolute atomic E-state index is 12.6. The van der Waals surface area contributed by atoms with Gasteiger partial charge in [0.15, 0.2) is 0 Å². The summed E-state index contributed by atoms with van der Waals surface area (Å²) in [5.41, 5.74) is 1.32. The lowest BCUT2D eigenvalue weighted by molar-refractivity contribution is -0.142. The molecule has 0 aromatic heterocycles. The average molecular weight is 407 g/mol. The van der Waals surface area contributed by atoms with Gasteiger partial charge in [-0.25, -0.2) is 0 Å². The Morgan fingerprint density at radius 2 is 1.83 bits per heavy atom.